The smallest absolute Gasteiger partial charge is 0.205 e. The Labute approximate surface area is 146 Å². The van der Waals surface area contributed by atoms with Gasteiger partial charge in [-0.15, -0.1) is 0 Å². The summed E-state index contributed by atoms with van der Waals surface area (Å²) in [7, 11) is 4.75. The van der Waals surface area contributed by atoms with Gasteiger partial charge in [0.1, 0.15) is 34.6 Å². The number of hydrogen-bond donors (Lipinski definition) is 1. The molecule has 1 aliphatic heterocycles. The Kier molecular flexibility index (Phi) is 4.40. The van der Waals surface area contributed by atoms with E-state index >= 15 is 0 Å². The van der Waals surface area contributed by atoms with Crippen LogP contribution in [0.15, 0.2) is 47.9 Å². The lowest BCUT2D eigenvalue weighted by Gasteiger charge is -2.28. The van der Waals surface area contributed by atoms with Gasteiger partial charge in [0.15, 0.2) is 0 Å². The second-order valence-corrected chi connectivity index (χ2v) is 5.44. The molecule has 128 valence electrons. The van der Waals surface area contributed by atoms with Gasteiger partial charge in [0.05, 0.1) is 27.2 Å². The highest BCUT2D eigenvalue weighted by molar-refractivity contribution is 5.60. The Balaban J connectivity index is 2.25. The molecule has 0 spiro atoms. The number of nitrogens with zero attached hydrogens (tertiary/aromatic N) is 1. The Morgan fingerprint density at radius 2 is 1.64 bits per heavy atom. The van der Waals surface area contributed by atoms with E-state index in [2.05, 4.69) is 6.07 Å². The zero-order chi connectivity index (χ0) is 18.0. The van der Waals surface area contributed by atoms with Crippen LogP contribution in [0.2, 0.25) is 0 Å². The molecule has 0 radical (unpaired) electrons. The van der Waals surface area contributed by atoms with Gasteiger partial charge in [-0.25, -0.2) is 0 Å². The fourth-order valence-electron chi connectivity index (χ4n) is 2.95. The Morgan fingerprint density at radius 3 is 2.28 bits per heavy atom. The maximum Gasteiger partial charge on any atom is 0.205 e. The highest BCUT2D eigenvalue weighted by Gasteiger charge is 2.33. The molecule has 2 aromatic rings. The van der Waals surface area contributed by atoms with Crippen LogP contribution in [-0.2, 0) is 0 Å². The van der Waals surface area contributed by atoms with Crippen LogP contribution in [-0.4, -0.2) is 21.3 Å². The zero-order valence-corrected chi connectivity index (χ0v) is 14.2. The minimum absolute atomic E-state index is 0.0677. The van der Waals surface area contributed by atoms with Crippen LogP contribution in [0.4, 0.5) is 0 Å². The summed E-state index contributed by atoms with van der Waals surface area (Å²) in [5.41, 5.74) is 7.91. The van der Waals surface area contributed by atoms with Crippen LogP contribution in [0, 0.1) is 11.3 Å². The molecular formula is C19H18N2O4. The highest BCUT2D eigenvalue weighted by atomic mass is 16.5. The minimum atomic E-state index is -0.426. The van der Waals surface area contributed by atoms with Crippen LogP contribution >= 0.6 is 0 Å². The molecule has 6 nitrogen and oxygen atoms in total. The molecule has 2 N–H and O–H groups in total. The van der Waals surface area contributed by atoms with Crippen molar-refractivity contribution in [2.24, 2.45) is 5.73 Å². The topological polar surface area (TPSA) is 86.7 Å². The van der Waals surface area contributed by atoms with Crippen molar-refractivity contribution in [1.82, 2.24) is 0 Å². The molecule has 0 amide bonds. The molecular weight excluding hydrogens is 320 g/mol. The van der Waals surface area contributed by atoms with Crippen molar-refractivity contribution < 1.29 is 18.9 Å². The second kappa shape index (κ2) is 6.65. The molecule has 25 heavy (non-hydrogen) atoms. The second-order valence-electron chi connectivity index (χ2n) is 5.44. The van der Waals surface area contributed by atoms with Crippen molar-refractivity contribution in [3.63, 3.8) is 0 Å². The van der Waals surface area contributed by atoms with Gasteiger partial charge in [-0.1, -0.05) is 6.07 Å². The number of hydrogen-bond acceptors (Lipinski definition) is 6. The first kappa shape index (κ1) is 16.5. The summed E-state index contributed by atoms with van der Waals surface area (Å²) >= 11 is 0. The first-order chi connectivity index (χ1) is 12.1. The molecule has 0 saturated carbocycles. The summed E-state index contributed by atoms with van der Waals surface area (Å²) in [4.78, 5) is 0. The number of nitriles is 1. The van der Waals surface area contributed by atoms with Crippen LogP contribution in [0.5, 0.6) is 23.0 Å². The molecule has 1 aliphatic rings. The average Bonchev–Trinajstić information content (AvgIpc) is 2.65. The third kappa shape index (κ3) is 2.81. The van der Waals surface area contributed by atoms with Gasteiger partial charge in [0, 0.05) is 17.2 Å². The van der Waals surface area contributed by atoms with Crippen LogP contribution in [0.1, 0.15) is 17.0 Å². The summed E-state index contributed by atoms with van der Waals surface area (Å²) in [5.74, 6) is 2.13. The molecule has 0 unspecified atom stereocenters. The number of benzene rings is 2. The van der Waals surface area contributed by atoms with Gasteiger partial charge in [0.25, 0.3) is 0 Å². The number of allylic oxidation sites excluding steroid dienone is 1. The molecule has 0 aromatic heterocycles. The van der Waals surface area contributed by atoms with Gasteiger partial charge >= 0.3 is 0 Å². The molecule has 0 aliphatic carbocycles. The molecule has 3 rings (SSSR count). The first-order valence-electron chi connectivity index (χ1n) is 7.60. The molecule has 0 fully saturated rings. The van der Waals surface area contributed by atoms with E-state index in [1.165, 1.54) is 0 Å². The van der Waals surface area contributed by atoms with Crippen molar-refractivity contribution in [2.75, 3.05) is 21.3 Å². The molecule has 1 atom stereocenters. The van der Waals surface area contributed by atoms with Crippen molar-refractivity contribution in [3.05, 3.63) is 59.0 Å². The van der Waals surface area contributed by atoms with Crippen LogP contribution in [0.3, 0.4) is 0 Å². The molecule has 6 heteroatoms. The number of fused-ring (bicyclic) bond motifs is 1. The molecule has 1 heterocycles. The zero-order valence-electron chi connectivity index (χ0n) is 14.2. The van der Waals surface area contributed by atoms with E-state index in [0.29, 0.717) is 28.6 Å². The van der Waals surface area contributed by atoms with Crippen molar-refractivity contribution in [1.29, 1.82) is 5.26 Å². The third-order valence-electron chi connectivity index (χ3n) is 4.17. The predicted octanol–water partition coefficient (Wildman–Crippen LogP) is 2.93. The number of methoxy groups -OCH3 is 3. The van der Waals surface area contributed by atoms with E-state index in [-0.39, 0.29) is 5.88 Å². The first-order valence-corrected chi connectivity index (χ1v) is 7.60. The predicted molar refractivity (Wildman–Crippen MR) is 91.8 cm³/mol. The average molecular weight is 338 g/mol. The molecule has 0 bridgehead atoms. The third-order valence-corrected chi connectivity index (χ3v) is 4.17. The standard InChI is InChI=1S/C19H18N2O4/c1-22-11-5-7-16(24-3)14(8-11)18-13-6-4-12(23-2)9-17(13)25-19(21)15(18)10-20/h4-9,18H,21H2,1-3H3/t18-/m1/s1. The number of ether oxygens (including phenoxy) is 4. The van der Waals surface area contributed by atoms with Gasteiger partial charge in [-0.05, 0) is 24.3 Å². The van der Waals surface area contributed by atoms with E-state index in [9.17, 15) is 5.26 Å². The van der Waals surface area contributed by atoms with Crippen molar-refractivity contribution in [2.45, 2.75) is 5.92 Å². The van der Waals surface area contributed by atoms with E-state index in [0.717, 1.165) is 11.1 Å². The van der Waals surface area contributed by atoms with Gasteiger partial charge in [-0.2, -0.15) is 5.26 Å². The molecule has 0 saturated heterocycles. The summed E-state index contributed by atoms with van der Waals surface area (Å²) in [5, 5.41) is 9.64. The highest BCUT2D eigenvalue weighted by Crippen LogP contribution is 2.46. The maximum atomic E-state index is 9.64. The largest absolute Gasteiger partial charge is 0.497 e. The Morgan fingerprint density at radius 1 is 0.960 bits per heavy atom. The monoisotopic (exact) mass is 338 g/mol. The minimum Gasteiger partial charge on any atom is -0.497 e. The van der Waals surface area contributed by atoms with Gasteiger partial charge < -0.3 is 24.7 Å². The van der Waals surface area contributed by atoms with E-state index in [1.54, 1.807) is 39.5 Å². The van der Waals surface area contributed by atoms with Crippen LogP contribution in [0.25, 0.3) is 0 Å². The lowest BCUT2D eigenvalue weighted by atomic mass is 9.83. The SMILES string of the molecule is COc1ccc2c(c1)OC(N)=C(C#N)[C@H]2c1cc(OC)ccc1OC. The Bertz CT molecular complexity index is 883. The number of nitrogens with two attached hydrogens (primary N) is 1. The van der Waals surface area contributed by atoms with Crippen LogP contribution < -0.4 is 24.7 Å². The van der Waals surface area contributed by atoms with E-state index in [1.807, 2.05) is 18.2 Å². The fourth-order valence-corrected chi connectivity index (χ4v) is 2.95. The Hall–Kier alpha value is -3.33. The summed E-state index contributed by atoms with van der Waals surface area (Å²) in [6, 6.07) is 13.0. The quantitative estimate of drug-likeness (QED) is 0.922. The van der Waals surface area contributed by atoms with Crippen molar-refractivity contribution >= 4 is 0 Å². The lowest BCUT2D eigenvalue weighted by molar-refractivity contribution is 0.376. The molecule has 2 aromatic carbocycles. The maximum absolute atomic E-state index is 9.64. The normalized spacial score (nSPS) is 15.7. The summed E-state index contributed by atoms with van der Waals surface area (Å²) < 4.78 is 21.7. The van der Waals surface area contributed by atoms with Crippen molar-refractivity contribution in [3.8, 4) is 29.1 Å². The number of rotatable bonds is 4. The summed E-state index contributed by atoms with van der Waals surface area (Å²) in [6.07, 6.45) is 0. The van der Waals surface area contributed by atoms with E-state index in [4.69, 9.17) is 24.7 Å². The lowest BCUT2D eigenvalue weighted by Crippen LogP contribution is -2.21. The van der Waals surface area contributed by atoms with Gasteiger partial charge in [-0.3, -0.25) is 0 Å². The fraction of sp³-hybridized carbons (Fsp3) is 0.211. The summed E-state index contributed by atoms with van der Waals surface area (Å²) in [6.45, 7) is 0. The van der Waals surface area contributed by atoms with E-state index < -0.39 is 5.92 Å². The van der Waals surface area contributed by atoms with Gasteiger partial charge in [0.2, 0.25) is 5.88 Å².